The van der Waals surface area contributed by atoms with E-state index in [0.29, 0.717) is 11.3 Å². The minimum Gasteiger partial charge on any atom is -0.504 e. The minimum absolute atomic E-state index is 0.0351. The second kappa shape index (κ2) is 7.36. The van der Waals surface area contributed by atoms with E-state index in [0.717, 1.165) is 41.0 Å². The normalized spacial score (nSPS) is 31.2. The predicted molar refractivity (Wildman–Crippen MR) is 133 cm³/mol. The maximum atomic E-state index is 13.8. The fourth-order valence-electron chi connectivity index (χ4n) is 7.11. The number of Topliss-reactive ketones (excluding diaryl/α,β-unsaturated/α-hetero) is 1. The van der Waals surface area contributed by atoms with Crippen molar-refractivity contribution in [2.45, 2.75) is 60.7 Å². The van der Waals surface area contributed by atoms with Gasteiger partial charge in [-0.05, 0) is 75.9 Å². The number of piperidine rings is 1. The molecule has 2 aromatic rings. The molecule has 1 saturated heterocycles. The number of rotatable bonds is 4. The van der Waals surface area contributed by atoms with Crippen molar-refractivity contribution >= 4 is 17.5 Å². The van der Waals surface area contributed by atoms with E-state index in [9.17, 15) is 15.0 Å². The van der Waals surface area contributed by atoms with Gasteiger partial charge in [-0.15, -0.1) is 11.8 Å². The van der Waals surface area contributed by atoms with Crippen LogP contribution in [0.4, 0.5) is 0 Å². The van der Waals surface area contributed by atoms with Gasteiger partial charge in [0, 0.05) is 33.4 Å². The molecule has 2 heterocycles. The van der Waals surface area contributed by atoms with Crippen LogP contribution < -0.4 is 4.74 Å². The van der Waals surface area contributed by atoms with Gasteiger partial charge in [-0.3, -0.25) is 4.79 Å². The lowest BCUT2D eigenvalue weighted by Gasteiger charge is -2.57. The summed E-state index contributed by atoms with van der Waals surface area (Å²) < 4.78 is 6.34. The molecule has 2 aliphatic heterocycles. The molecule has 6 rings (SSSR count). The Bertz CT molecular complexity index is 1220. The van der Waals surface area contributed by atoms with Gasteiger partial charge in [0.2, 0.25) is 0 Å². The third kappa shape index (κ3) is 2.73. The van der Waals surface area contributed by atoms with Crippen molar-refractivity contribution in [2.75, 3.05) is 19.8 Å². The summed E-state index contributed by atoms with van der Waals surface area (Å²) in [5.74, 6) is 0.820. The molecule has 0 aromatic heterocycles. The molecule has 1 spiro atoms. The van der Waals surface area contributed by atoms with Crippen molar-refractivity contribution in [3.05, 3.63) is 64.7 Å². The van der Waals surface area contributed by atoms with Gasteiger partial charge in [0.15, 0.2) is 17.3 Å². The molecule has 0 saturated carbocycles. The molecule has 2 aromatic carbocycles. The Kier molecular flexibility index (Phi) is 4.81. The third-order valence-corrected chi connectivity index (χ3v) is 9.62. The molecule has 0 unspecified atom stereocenters. The second-order valence-electron chi connectivity index (χ2n) is 10.8. The SMILES string of the molecule is CSc1ccc(C(=O)C(C)(C)c2cc(O)c3c4c2C[C@@H]2[C@@H]5C=C[C@H](O)[C@H](O3)[C@]45CCN2C)cc1. The number of hydrogen-bond acceptors (Lipinski definition) is 6. The van der Waals surface area contributed by atoms with Crippen LogP contribution in [0.3, 0.4) is 0 Å². The highest BCUT2D eigenvalue weighted by atomic mass is 32.2. The standard InChI is InChI=1S/C28H31NO4S/c1-27(2,25(32)15-5-7-16(34-4)8-6-15)19-14-22(31)24-23-17(19)13-20-18-9-10-21(30)26(33-24)28(18,23)11-12-29(20)3/h5-10,14,18,20-21,26,30-31H,11-13H2,1-4H3/t18-,20+,21-,26-,28-/m0/s1. The molecule has 2 N–H and O–H groups in total. The van der Waals surface area contributed by atoms with Gasteiger partial charge in [-0.1, -0.05) is 24.3 Å². The zero-order chi connectivity index (χ0) is 24.0. The van der Waals surface area contributed by atoms with Crippen molar-refractivity contribution in [3.63, 3.8) is 0 Å². The number of aliphatic hydroxyl groups is 1. The highest BCUT2D eigenvalue weighted by molar-refractivity contribution is 7.98. The molecule has 4 aliphatic rings. The number of phenols is 1. The van der Waals surface area contributed by atoms with E-state index >= 15 is 0 Å². The first-order valence-corrected chi connectivity index (χ1v) is 13.2. The number of ether oxygens (including phenoxy) is 1. The van der Waals surface area contributed by atoms with E-state index in [1.54, 1.807) is 17.8 Å². The van der Waals surface area contributed by atoms with E-state index < -0.39 is 17.6 Å². The summed E-state index contributed by atoms with van der Waals surface area (Å²) in [5.41, 5.74) is 2.48. The first kappa shape index (κ1) is 22.2. The van der Waals surface area contributed by atoms with Crippen LogP contribution in [0.5, 0.6) is 11.5 Å². The lowest BCUT2D eigenvalue weighted by Crippen LogP contribution is -2.65. The molecule has 2 bridgehead atoms. The van der Waals surface area contributed by atoms with Crippen LogP contribution in [0.25, 0.3) is 0 Å². The number of benzene rings is 2. The molecule has 1 fully saturated rings. The third-order valence-electron chi connectivity index (χ3n) is 8.87. The van der Waals surface area contributed by atoms with Crippen LogP contribution in [0.15, 0.2) is 47.4 Å². The number of aromatic hydroxyl groups is 1. The maximum absolute atomic E-state index is 13.8. The zero-order valence-corrected chi connectivity index (χ0v) is 20.9. The summed E-state index contributed by atoms with van der Waals surface area (Å²) in [6.07, 6.45) is 6.56. The van der Waals surface area contributed by atoms with Gasteiger partial charge in [-0.25, -0.2) is 0 Å². The van der Waals surface area contributed by atoms with Crippen molar-refractivity contribution in [1.29, 1.82) is 0 Å². The Morgan fingerprint density at radius 2 is 1.97 bits per heavy atom. The monoisotopic (exact) mass is 477 g/mol. The van der Waals surface area contributed by atoms with Crippen LogP contribution in [0.1, 0.15) is 47.3 Å². The fraction of sp³-hybridized carbons (Fsp3) is 0.464. The Morgan fingerprint density at radius 3 is 2.68 bits per heavy atom. The Labute approximate surface area is 204 Å². The molecular formula is C28H31NO4S. The lowest BCUT2D eigenvalue weighted by molar-refractivity contribution is -0.0454. The van der Waals surface area contributed by atoms with Crippen molar-refractivity contribution in [3.8, 4) is 11.5 Å². The first-order valence-electron chi connectivity index (χ1n) is 12.0. The van der Waals surface area contributed by atoms with E-state index in [4.69, 9.17) is 4.74 Å². The number of carbonyl (C=O) groups excluding carboxylic acids is 1. The largest absolute Gasteiger partial charge is 0.504 e. The molecule has 5 nitrogen and oxygen atoms in total. The van der Waals surface area contributed by atoms with E-state index in [-0.39, 0.29) is 28.9 Å². The van der Waals surface area contributed by atoms with E-state index in [1.807, 2.05) is 50.4 Å². The van der Waals surface area contributed by atoms with Gasteiger partial charge in [0.25, 0.3) is 0 Å². The van der Waals surface area contributed by atoms with Gasteiger partial charge >= 0.3 is 0 Å². The molecule has 0 amide bonds. The number of likely N-dealkylation sites (tertiary alicyclic amines) is 1. The summed E-state index contributed by atoms with van der Waals surface area (Å²) in [4.78, 5) is 17.3. The summed E-state index contributed by atoms with van der Waals surface area (Å²) in [5, 5.41) is 22.1. The molecule has 0 radical (unpaired) electrons. The first-order chi connectivity index (χ1) is 16.2. The highest BCUT2D eigenvalue weighted by Crippen LogP contribution is 2.63. The minimum atomic E-state index is -0.833. The summed E-state index contributed by atoms with van der Waals surface area (Å²) in [7, 11) is 2.16. The predicted octanol–water partition coefficient (Wildman–Crippen LogP) is 4.08. The molecule has 178 valence electrons. The Morgan fingerprint density at radius 1 is 1.24 bits per heavy atom. The summed E-state index contributed by atoms with van der Waals surface area (Å²) in [6.45, 7) is 4.83. The number of aliphatic hydroxyl groups excluding tert-OH is 1. The number of ketones is 1. The van der Waals surface area contributed by atoms with Crippen molar-refractivity contribution < 1.29 is 19.7 Å². The summed E-state index contributed by atoms with van der Waals surface area (Å²) in [6, 6.07) is 9.76. The zero-order valence-electron chi connectivity index (χ0n) is 20.0. The molecular weight excluding hydrogens is 446 g/mol. The maximum Gasteiger partial charge on any atom is 0.172 e. The quantitative estimate of drug-likeness (QED) is 0.393. The highest BCUT2D eigenvalue weighted by Gasteiger charge is 2.65. The average Bonchev–Trinajstić information content (AvgIpc) is 3.19. The van der Waals surface area contributed by atoms with Gasteiger partial charge < -0.3 is 19.8 Å². The number of hydrogen-bond donors (Lipinski definition) is 2. The van der Waals surface area contributed by atoms with Gasteiger partial charge in [0.1, 0.15) is 12.2 Å². The van der Waals surface area contributed by atoms with Gasteiger partial charge in [-0.2, -0.15) is 0 Å². The van der Waals surface area contributed by atoms with Crippen LogP contribution in [-0.2, 0) is 17.3 Å². The Balaban J connectivity index is 1.54. The smallest absolute Gasteiger partial charge is 0.172 e. The van der Waals surface area contributed by atoms with Crippen molar-refractivity contribution in [2.24, 2.45) is 5.92 Å². The number of carbonyl (C=O) groups is 1. The number of nitrogens with zero attached hydrogens (tertiary/aromatic N) is 1. The van der Waals surface area contributed by atoms with Crippen LogP contribution in [0.2, 0.25) is 0 Å². The van der Waals surface area contributed by atoms with Gasteiger partial charge in [0.05, 0.1) is 5.41 Å². The number of phenolic OH excluding ortho intramolecular Hbond substituents is 1. The van der Waals surface area contributed by atoms with Crippen LogP contribution in [0, 0.1) is 5.92 Å². The number of thioether (sulfide) groups is 1. The Hall–Kier alpha value is -2.28. The van der Waals surface area contributed by atoms with Crippen LogP contribution >= 0.6 is 11.8 Å². The number of likely N-dealkylation sites (N-methyl/N-ethyl adjacent to an activating group) is 1. The molecule has 6 heteroatoms. The van der Waals surface area contributed by atoms with E-state index in [1.165, 1.54) is 0 Å². The topological polar surface area (TPSA) is 70.0 Å². The molecule has 5 atom stereocenters. The average molecular weight is 478 g/mol. The molecule has 34 heavy (non-hydrogen) atoms. The lowest BCUT2D eigenvalue weighted by atomic mass is 9.52. The second-order valence-corrected chi connectivity index (χ2v) is 11.7. The van der Waals surface area contributed by atoms with Crippen LogP contribution in [-0.4, -0.2) is 59.0 Å². The molecule has 2 aliphatic carbocycles. The van der Waals surface area contributed by atoms with Crippen molar-refractivity contribution in [1.82, 2.24) is 4.90 Å². The van der Waals surface area contributed by atoms with E-state index in [2.05, 4.69) is 18.0 Å². The summed E-state index contributed by atoms with van der Waals surface area (Å²) >= 11 is 1.65. The fourth-order valence-corrected chi connectivity index (χ4v) is 7.51.